The molecule has 1 atom stereocenters. The van der Waals surface area contributed by atoms with Gasteiger partial charge in [0.05, 0.1) is 19.8 Å². The molecule has 2 amide bonds. The smallest absolute Gasteiger partial charge is 0.274 e. The van der Waals surface area contributed by atoms with Gasteiger partial charge in [-0.1, -0.05) is 37.6 Å². The van der Waals surface area contributed by atoms with Gasteiger partial charge in [0.1, 0.15) is 0 Å². The highest BCUT2D eigenvalue weighted by Gasteiger charge is 2.21. The van der Waals surface area contributed by atoms with Gasteiger partial charge in [-0.25, -0.2) is 5.48 Å². The highest BCUT2D eigenvalue weighted by molar-refractivity contribution is 5.94. The van der Waals surface area contributed by atoms with E-state index in [-0.39, 0.29) is 18.6 Å². The lowest BCUT2D eigenvalue weighted by Gasteiger charge is -2.26. The second-order valence-corrected chi connectivity index (χ2v) is 7.50. The van der Waals surface area contributed by atoms with Crippen LogP contribution >= 0.6 is 0 Å². The van der Waals surface area contributed by atoms with Crippen LogP contribution in [0.15, 0.2) is 42.5 Å². The first-order chi connectivity index (χ1) is 15.1. The first kappa shape index (κ1) is 22.6. The van der Waals surface area contributed by atoms with Gasteiger partial charge in [0.15, 0.2) is 18.1 Å². The summed E-state index contributed by atoms with van der Waals surface area (Å²) in [5.74, 6) is 0.312. The van der Waals surface area contributed by atoms with Crippen LogP contribution in [0.3, 0.4) is 0 Å². The Bertz CT molecular complexity index is 899. The number of hydroxylamine groups is 1. The van der Waals surface area contributed by atoms with Gasteiger partial charge in [-0.15, -0.1) is 0 Å². The van der Waals surface area contributed by atoms with Crippen LogP contribution in [0.25, 0.3) is 0 Å². The maximum absolute atomic E-state index is 12.4. The van der Waals surface area contributed by atoms with Crippen LogP contribution in [0, 0.1) is 0 Å². The topological polar surface area (TPSA) is 85.9 Å². The molecular formula is C24H30N2O5. The molecule has 1 aliphatic carbocycles. The van der Waals surface area contributed by atoms with Crippen molar-refractivity contribution in [2.24, 2.45) is 0 Å². The van der Waals surface area contributed by atoms with E-state index in [1.54, 1.807) is 18.2 Å². The summed E-state index contributed by atoms with van der Waals surface area (Å²) in [5.41, 5.74) is 5.08. The monoisotopic (exact) mass is 426 g/mol. The summed E-state index contributed by atoms with van der Waals surface area (Å²) in [6.45, 7) is 2.41. The molecule has 0 saturated heterocycles. The summed E-state index contributed by atoms with van der Waals surface area (Å²) in [4.78, 5) is 29.8. The molecule has 31 heavy (non-hydrogen) atoms. The van der Waals surface area contributed by atoms with Crippen molar-refractivity contribution in [2.45, 2.75) is 45.1 Å². The zero-order chi connectivity index (χ0) is 22.1. The van der Waals surface area contributed by atoms with E-state index < -0.39 is 5.91 Å². The molecular weight excluding hydrogens is 396 g/mol. The van der Waals surface area contributed by atoms with Gasteiger partial charge in [-0.05, 0) is 55.0 Å². The number of unbranched alkanes of at least 4 members (excludes halogenated alkanes) is 1. The fraction of sp³-hybridized carbons (Fsp3) is 0.417. The Morgan fingerprint density at radius 1 is 1.13 bits per heavy atom. The highest BCUT2D eigenvalue weighted by Crippen LogP contribution is 2.29. The minimum atomic E-state index is -0.464. The SMILES string of the molecule is CCCCOc1ccc(C(=O)NOCC(=O)N[C@@H]2CCCc3ccccc32)cc1OC. The van der Waals surface area contributed by atoms with E-state index in [9.17, 15) is 9.59 Å². The zero-order valence-electron chi connectivity index (χ0n) is 18.1. The molecule has 0 aromatic heterocycles. The molecule has 0 spiro atoms. The van der Waals surface area contributed by atoms with E-state index >= 15 is 0 Å². The van der Waals surface area contributed by atoms with E-state index in [1.807, 2.05) is 18.2 Å². The third-order valence-corrected chi connectivity index (χ3v) is 5.25. The van der Waals surface area contributed by atoms with Crippen LogP contribution in [-0.2, 0) is 16.1 Å². The van der Waals surface area contributed by atoms with Crippen molar-refractivity contribution < 1.29 is 23.9 Å². The summed E-state index contributed by atoms with van der Waals surface area (Å²) in [6.07, 6.45) is 4.91. The first-order valence-corrected chi connectivity index (χ1v) is 10.7. The van der Waals surface area contributed by atoms with E-state index in [1.165, 1.54) is 12.7 Å². The lowest BCUT2D eigenvalue weighted by Crippen LogP contribution is -2.36. The largest absolute Gasteiger partial charge is 0.493 e. The zero-order valence-corrected chi connectivity index (χ0v) is 18.1. The van der Waals surface area contributed by atoms with Crippen LogP contribution in [0.2, 0.25) is 0 Å². The molecule has 0 fully saturated rings. The molecule has 3 rings (SSSR count). The molecule has 0 heterocycles. The molecule has 0 unspecified atom stereocenters. The third-order valence-electron chi connectivity index (χ3n) is 5.25. The molecule has 7 heteroatoms. The van der Waals surface area contributed by atoms with Gasteiger partial charge < -0.3 is 14.8 Å². The number of nitrogens with one attached hydrogen (secondary N) is 2. The van der Waals surface area contributed by atoms with Crippen LogP contribution in [0.1, 0.15) is 60.1 Å². The fourth-order valence-corrected chi connectivity index (χ4v) is 3.62. The second-order valence-electron chi connectivity index (χ2n) is 7.50. The van der Waals surface area contributed by atoms with Crippen LogP contribution < -0.4 is 20.3 Å². The molecule has 0 radical (unpaired) electrons. The van der Waals surface area contributed by atoms with Crippen LogP contribution in [0.4, 0.5) is 0 Å². The number of rotatable bonds is 10. The standard InChI is InChI=1S/C24H30N2O5/c1-3-4-14-30-21-13-12-18(15-22(21)29-2)24(28)26-31-16-23(27)25-20-11-7-9-17-8-5-6-10-19(17)20/h5-6,8,10,12-13,15,20H,3-4,7,9,11,14,16H2,1-2H3,(H,25,27)(H,26,28)/t20-/m1/s1. The summed E-state index contributed by atoms with van der Waals surface area (Å²) in [5, 5.41) is 2.99. The van der Waals surface area contributed by atoms with Crippen LogP contribution in [-0.4, -0.2) is 32.1 Å². The minimum absolute atomic E-state index is 0.0266. The highest BCUT2D eigenvalue weighted by atomic mass is 16.7. The fourth-order valence-electron chi connectivity index (χ4n) is 3.62. The molecule has 2 aromatic rings. The number of fused-ring (bicyclic) bond motifs is 1. The molecule has 2 aromatic carbocycles. The van der Waals surface area contributed by atoms with Crippen molar-refractivity contribution in [2.75, 3.05) is 20.3 Å². The predicted octanol–water partition coefficient (Wildman–Crippen LogP) is 3.73. The average molecular weight is 427 g/mol. The molecule has 7 nitrogen and oxygen atoms in total. The number of hydrogen-bond donors (Lipinski definition) is 2. The van der Waals surface area contributed by atoms with Gasteiger partial charge in [-0.3, -0.25) is 14.4 Å². The van der Waals surface area contributed by atoms with E-state index in [2.05, 4.69) is 23.8 Å². The minimum Gasteiger partial charge on any atom is -0.493 e. The maximum Gasteiger partial charge on any atom is 0.274 e. The Morgan fingerprint density at radius 3 is 2.77 bits per heavy atom. The lowest BCUT2D eigenvalue weighted by atomic mass is 9.88. The molecule has 166 valence electrons. The Kier molecular flexibility index (Phi) is 8.29. The Balaban J connectivity index is 1.48. The second kappa shape index (κ2) is 11.4. The van der Waals surface area contributed by atoms with E-state index in [0.717, 1.165) is 37.7 Å². The summed E-state index contributed by atoms with van der Waals surface area (Å²) in [7, 11) is 1.52. The van der Waals surface area contributed by atoms with Gasteiger partial charge in [0.2, 0.25) is 5.91 Å². The van der Waals surface area contributed by atoms with Crippen LogP contribution in [0.5, 0.6) is 11.5 Å². The Labute approximate surface area is 183 Å². The van der Waals surface area contributed by atoms with Crippen molar-refractivity contribution in [3.05, 3.63) is 59.2 Å². The van der Waals surface area contributed by atoms with Crippen molar-refractivity contribution in [3.63, 3.8) is 0 Å². The van der Waals surface area contributed by atoms with Crippen molar-refractivity contribution in [1.82, 2.24) is 10.8 Å². The van der Waals surface area contributed by atoms with Crippen molar-refractivity contribution in [3.8, 4) is 11.5 Å². The molecule has 0 saturated carbocycles. The third kappa shape index (κ3) is 6.21. The van der Waals surface area contributed by atoms with Crippen molar-refractivity contribution in [1.29, 1.82) is 0 Å². The number of ether oxygens (including phenoxy) is 2. The van der Waals surface area contributed by atoms with Gasteiger partial charge >= 0.3 is 0 Å². The average Bonchev–Trinajstić information content (AvgIpc) is 2.79. The molecule has 0 aliphatic heterocycles. The number of aryl methyl sites for hydroxylation is 1. The number of benzene rings is 2. The summed E-state index contributed by atoms with van der Waals surface area (Å²) < 4.78 is 11.0. The van der Waals surface area contributed by atoms with Crippen molar-refractivity contribution >= 4 is 11.8 Å². The summed E-state index contributed by atoms with van der Waals surface area (Å²) in [6, 6.07) is 13.0. The van der Waals surface area contributed by atoms with Gasteiger partial charge in [0.25, 0.3) is 5.91 Å². The Morgan fingerprint density at radius 2 is 1.97 bits per heavy atom. The van der Waals surface area contributed by atoms with E-state index in [4.69, 9.17) is 14.3 Å². The Hall–Kier alpha value is -3.06. The molecule has 1 aliphatic rings. The van der Waals surface area contributed by atoms with E-state index in [0.29, 0.717) is 23.7 Å². The quantitative estimate of drug-likeness (QED) is 0.447. The van der Waals surface area contributed by atoms with Gasteiger partial charge in [0, 0.05) is 5.56 Å². The lowest BCUT2D eigenvalue weighted by molar-refractivity contribution is -0.128. The molecule has 2 N–H and O–H groups in total. The number of methoxy groups -OCH3 is 1. The predicted molar refractivity (Wildman–Crippen MR) is 117 cm³/mol. The summed E-state index contributed by atoms with van der Waals surface area (Å²) >= 11 is 0. The number of amides is 2. The maximum atomic E-state index is 12.4. The normalized spacial score (nSPS) is 15.0. The number of carbonyl (C=O) groups is 2. The number of carbonyl (C=O) groups excluding carboxylic acids is 2. The first-order valence-electron chi connectivity index (χ1n) is 10.7. The number of hydrogen-bond acceptors (Lipinski definition) is 5. The van der Waals surface area contributed by atoms with Gasteiger partial charge in [-0.2, -0.15) is 0 Å². The molecule has 0 bridgehead atoms.